The average Bonchev–Trinajstić information content (AvgIpc) is 3.44. The lowest BCUT2D eigenvalue weighted by Crippen LogP contribution is -2.30. The number of nitrogens with one attached hydrogen (secondary N) is 2. The number of ether oxygens (including phenoxy) is 1. The summed E-state index contributed by atoms with van der Waals surface area (Å²) in [5.74, 6) is 1.58. The molecule has 1 aliphatic rings. The SMILES string of the molecule is COc1ccccc1CNC(=O)[C@H](C)Sc1nnc(-c2c[nH]c3ccccc23)n1C1CC1. The van der Waals surface area contributed by atoms with E-state index < -0.39 is 0 Å². The van der Waals surface area contributed by atoms with Crippen molar-refractivity contribution >= 4 is 28.6 Å². The second-order valence-corrected chi connectivity index (χ2v) is 9.25. The van der Waals surface area contributed by atoms with Gasteiger partial charge < -0.3 is 15.0 Å². The smallest absolute Gasteiger partial charge is 0.233 e. The number of carbonyl (C=O) groups excluding carboxylic acids is 1. The number of methoxy groups -OCH3 is 1. The quantitative estimate of drug-likeness (QED) is 0.387. The molecule has 1 atom stereocenters. The van der Waals surface area contributed by atoms with E-state index in [0.29, 0.717) is 12.6 Å². The number of nitrogens with zero attached hydrogens (tertiary/aromatic N) is 3. The van der Waals surface area contributed by atoms with Crippen LogP contribution < -0.4 is 10.1 Å². The summed E-state index contributed by atoms with van der Waals surface area (Å²) in [6, 6.07) is 16.3. The number of aromatic amines is 1. The predicted octanol–water partition coefficient (Wildman–Crippen LogP) is 4.57. The number of fused-ring (bicyclic) bond motifs is 1. The number of thioether (sulfide) groups is 1. The number of H-pyrrole nitrogens is 1. The van der Waals surface area contributed by atoms with Gasteiger partial charge in [-0.2, -0.15) is 0 Å². The van der Waals surface area contributed by atoms with E-state index in [1.54, 1.807) is 7.11 Å². The van der Waals surface area contributed by atoms with Crippen molar-refractivity contribution in [3.05, 3.63) is 60.3 Å². The van der Waals surface area contributed by atoms with Gasteiger partial charge in [0, 0.05) is 40.8 Å². The average molecular weight is 448 g/mol. The molecule has 32 heavy (non-hydrogen) atoms. The highest BCUT2D eigenvalue weighted by atomic mass is 32.2. The van der Waals surface area contributed by atoms with Gasteiger partial charge in [0.05, 0.1) is 12.4 Å². The van der Waals surface area contributed by atoms with E-state index in [-0.39, 0.29) is 11.2 Å². The van der Waals surface area contributed by atoms with Crippen LogP contribution in [-0.2, 0) is 11.3 Å². The molecule has 1 amide bonds. The van der Waals surface area contributed by atoms with E-state index in [0.717, 1.165) is 51.6 Å². The molecule has 2 N–H and O–H groups in total. The first kappa shape index (κ1) is 20.6. The predicted molar refractivity (Wildman–Crippen MR) is 126 cm³/mol. The molecule has 2 aromatic carbocycles. The van der Waals surface area contributed by atoms with Crippen LogP contribution in [0.15, 0.2) is 59.9 Å². The zero-order valence-electron chi connectivity index (χ0n) is 18.0. The van der Waals surface area contributed by atoms with Crippen LogP contribution in [0.2, 0.25) is 0 Å². The van der Waals surface area contributed by atoms with Crippen LogP contribution in [0.3, 0.4) is 0 Å². The Hall–Kier alpha value is -3.26. The van der Waals surface area contributed by atoms with Gasteiger partial charge in [-0.15, -0.1) is 10.2 Å². The molecule has 0 bridgehead atoms. The molecule has 0 spiro atoms. The van der Waals surface area contributed by atoms with E-state index in [4.69, 9.17) is 4.74 Å². The molecule has 2 heterocycles. The zero-order valence-corrected chi connectivity index (χ0v) is 18.9. The van der Waals surface area contributed by atoms with Crippen molar-refractivity contribution in [3.63, 3.8) is 0 Å². The normalized spacial score (nSPS) is 14.4. The molecular formula is C24H25N5O2S. The Bertz CT molecular complexity index is 1260. The molecule has 0 aliphatic heterocycles. The number of hydrogen-bond donors (Lipinski definition) is 2. The minimum atomic E-state index is -0.303. The van der Waals surface area contributed by atoms with Gasteiger partial charge in [0.25, 0.3) is 0 Å². The first-order valence-electron chi connectivity index (χ1n) is 10.7. The maximum atomic E-state index is 12.8. The monoisotopic (exact) mass is 447 g/mol. The Morgan fingerprint density at radius 2 is 2.00 bits per heavy atom. The third kappa shape index (κ3) is 3.98. The summed E-state index contributed by atoms with van der Waals surface area (Å²) in [4.78, 5) is 16.1. The molecule has 5 rings (SSSR count). The second kappa shape index (κ2) is 8.70. The first-order chi connectivity index (χ1) is 15.7. The fraction of sp³-hybridized carbons (Fsp3) is 0.292. The molecule has 2 aromatic heterocycles. The van der Waals surface area contributed by atoms with Crippen molar-refractivity contribution in [1.29, 1.82) is 0 Å². The number of rotatable bonds is 8. The molecule has 0 saturated heterocycles. The number of benzene rings is 2. The minimum Gasteiger partial charge on any atom is -0.496 e. The lowest BCUT2D eigenvalue weighted by Gasteiger charge is -2.14. The highest BCUT2D eigenvalue weighted by Gasteiger charge is 2.32. The lowest BCUT2D eigenvalue weighted by atomic mass is 10.1. The largest absolute Gasteiger partial charge is 0.496 e. The maximum absolute atomic E-state index is 12.8. The molecule has 4 aromatic rings. The van der Waals surface area contributed by atoms with Crippen LogP contribution in [0.4, 0.5) is 0 Å². The Morgan fingerprint density at radius 3 is 2.81 bits per heavy atom. The molecule has 0 unspecified atom stereocenters. The van der Waals surface area contributed by atoms with Crippen LogP contribution in [0, 0.1) is 0 Å². The molecule has 1 fully saturated rings. The van der Waals surface area contributed by atoms with Gasteiger partial charge in [-0.3, -0.25) is 9.36 Å². The third-order valence-corrected chi connectivity index (χ3v) is 6.76. The summed E-state index contributed by atoms with van der Waals surface area (Å²) in [6.45, 7) is 2.32. The van der Waals surface area contributed by atoms with Crippen molar-refractivity contribution in [1.82, 2.24) is 25.1 Å². The van der Waals surface area contributed by atoms with Crippen LogP contribution in [-0.4, -0.2) is 38.0 Å². The molecule has 1 saturated carbocycles. The Morgan fingerprint density at radius 1 is 1.22 bits per heavy atom. The fourth-order valence-electron chi connectivity index (χ4n) is 3.85. The lowest BCUT2D eigenvalue weighted by molar-refractivity contribution is -0.120. The maximum Gasteiger partial charge on any atom is 0.233 e. The van der Waals surface area contributed by atoms with Crippen molar-refractivity contribution in [2.45, 2.75) is 42.8 Å². The van der Waals surface area contributed by atoms with Gasteiger partial charge in [-0.1, -0.05) is 48.2 Å². The van der Waals surface area contributed by atoms with Gasteiger partial charge in [0.2, 0.25) is 5.91 Å². The van der Waals surface area contributed by atoms with Crippen LogP contribution in [0.25, 0.3) is 22.3 Å². The molecule has 8 heteroatoms. The number of para-hydroxylation sites is 2. The first-order valence-corrected chi connectivity index (χ1v) is 11.6. The Kier molecular flexibility index (Phi) is 5.61. The fourth-order valence-corrected chi connectivity index (χ4v) is 4.79. The number of carbonyl (C=O) groups is 1. The number of hydrogen-bond acceptors (Lipinski definition) is 5. The second-order valence-electron chi connectivity index (χ2n) is 7.95. The van der Waals surface area contributed by atoms with E-state index >= 15 is 0 Å². The summed E-state index contributed by atoms with van der Waals surface area (Å²) < 4.78 is 7.57. The molecule has 7 nitrogen and oxygen atoms in total. The van der Waals surface area contributed by atoms with Crippen molar-refractivity contribution in [3.8, 4) is 17.1 Å². The Labute approximate surface area is 190 Å². The zero-order chi connectivity index (χ0) is 22.1. The van der Waals surface area contributed by atoms with Crippen molar-refractivity contribution in [2.24, 2.45) is 0 Å². The van der Waals surface area contributed by atoms with E-state index in [1.165, 1.54) is 11.8 Å². The van der Waals surface area contributed by atoms with Crippen LogP contribution in [0.1, 0.15) is 31.4 Å². The highest BCUT2D eigenvalue weighted by molar-refractivity contribution is 8.00. The van der Waals surface area contributed by atoms with Gasteiger partial charge in [-0.05, 0) is 31.9 Å². The minimum absolute atomic E-state index is 0.0418. The standard InChI is InChI=1S/C24H25N5O2S/c1-15(23(30)26-13-16-7-3-6-10-21(16)31-2)32-24-28-27-22(29(24)17-11-12-17)19-14-25-20-9-5-4-8-18(19)20/h3-10,14-15,17,25H,11-13H2,1-2H3,(H,26,30)/t15-/m0/s1. The molecular weight excluding hydrogens is 422 g/mol. The summed E-state index contributed by atoms with van der Waals surface area (Å²) >= 11 is 1.45. The summed E-state index contributed by atoms with van der Waals surface area (Å²) in [5, 5.41) is 13.6. The van der Waals surface area contributed by atoms with E-state index in [1.807, 2.05) is 49.5 Å². The summed E-state index contributed by atoms with van der Waals surface area (Å²) in [5.41, 5.74) is 3.06. The highest BCUT2D eigenvalue weighted by Crippen LogP contribution is 2.42. The van der Waals surface area contributed by atoms with Crippen LogP contribution >= 0.6 is 11.8 Å². The topological polar surface area (TPSA) is 84.8 Å². The van der Waals surface area contributed by atoms with Gasteiger partial charge >= 0.3 is 0 Å². The van der Waals surface area contributed by atoms with Crippen molar-refractivity contribution in [2.75, 3.05) is 7.11 Å². The molecule has 0 radical (unpaired) electrons. The van der Waals surface area contributed by atoms with Gasteiger partial charge in [-0.25, -0.2) is 0 Å². The number of amides is 1. The van der Waals surface area contributed by atoms with Crippen LogP contribution in [0.5, 0.6) is 5.75 Å². The third-order valence-electron chi connectivity index (χ3n) is 5.70. The van der Waals surface area contributed by atoms with Crippen molar-refractivity contribution < 1.29 is 9.53 Å². The molecule has 1 aliphatic carbocycles. The van der Waals surface area contributed by atoms with Gasteiger partial charge in [0.15, 0.2) is 11.0 Å². The van der Waals surface area contributed by atoms with Gasteiger partial charge in [0.1, 0.15) is 5.75 Å². The van der Waals surface area contributed by atoms with E-state index in [9.17, 15) is 4.79 Å². The molecule has 164 valence electrons. The summed E-state index contributed by atoms with van der Waals surface area (Å²) in [6.07, 6.45) is 4.20. The van der Waals surface area contributed by atoms with E-state index in [2.05, 4.69) is 37.2 Å². The Balaban J connectivity index is 1.34. The summed E-state index contributed by atoms with van der Waals surface area (Å²) in [7, 11) is 1.63. The number of aromatic nitrogens is 4.